The third kappa shape index (κ3) is 3.26. The Balaban J connectivity index is 1.74. The van der Waals surface area contributed by atoms with Crippen molar-refractivity contribution < 1.29 is 9.47 Å². The second kappa shape index (κ2) is 6.41. The standard InChI is InChI=1S/C15H21N5O2/c1-11-6-7-20(18-11)15-5-4-14(16-17-15)19-8-12(2)22-13(9-19)10-21-3/h4-7,12-13H,8-10H2,1-3H3. The van der Waals surface area contributed by atoms with Crippen molar-refractivity contribution >= 4 is 5.82 Å². The molecule has 2 aromatic rings. The molecule has 118 valence electrons. The van der Waals surface area contributed by atoms with Gasteiger partial charge in [0, 0.05) is 26.4 Å². The molecule has 0 amide bonds. The lowest BCUT2D eigenvalue weighted by molar-refractivity contribution is -0.0513. The van der Waals surface area contributed by atoms with E-state index in [2.05, 4.69) is 27.1 Å². The van der Waals surface area contributed by atoms with Gasteiger partial charge >= 0.3 is 0 Å². The molecule has 7 nitrogen and oxygen atoms in total. The van der Waals surface area contributed by atoms with Gasteiger partial charge in [0.1, 0.15) is 0 Å². The van der Waals surface area contributed by atoms with Gasteiger partial charge in [-0.3, -0.25) is 0 Å². The molecular formula is C15H21N5O2. The van der Waals surface area contributed by atoms with Crippen LogP contribution in [-0.4, -0.2) is 59.0 Å². The van der Waals surface area contributed by atoms with Gasteiger partial charge in [0.15, 0.2) is 11.6 Å². The third-order valence-corrected chi connectivity index (χ3v) is 3.60. The van der Waals surface area contributed by atoms with E-state index in [0.717, 1.165) is 24.6 Å². The number of aryl methyl sites for hydroxylation is 1. The van der Waals surface area contributed by atoms with Crippen LogP contribution in [0.25, 0.3) is 5.82 Å². The average Bonchev–Trinajstić information content (AvgIpc) is 2.94. The van der Waals surface area contributed by atoms with Gasteiger partial charge in [-0.2, -0.15) is 5.10 Å². The van der Waals surface area contributed by atoms with E-state index < -0.39 is 0 Å². The first-order chi connectivity index (χ1) is 10.7. The summed E-state index contributed by atoms with van der Waals surface area (Å²) in [7, 11) is 1.69. The highest BCUT2D eigenvalue weighted by Crippen LogP contribution is 2.18. The summed E-state index contributed by atoms with van der Waals surface area (Å²) in [5.74, 6) is 1.57. The first-order valence-electron chi connectivity index (χ1n) is 7.41. The monoisotopic (exact) mass is 303 g/mol. The fraction of sp³-hybridized carbons (Fsp3) is 0.533. The summed E-state index contributed by atoms with van der Waals surface area (Å²) >= 11 is 0. The quantitative estimate of drug-likeness (QED) is 0.846. The van der Waals surface area contributed by atoms with Crippen molar-refractivity contribution in [1.29, 1.82) is 0 Å². The molecule has 1 aliphatic rings. The van der Waals surface area contributed by atoms with Crippen LogP contribution >= 0.6 is 0 Å². The summed E-state index contributed by atoms with van der Waals surface area (Å²) < 4.78 is 12.8. The highest BCUT2D eigenvalue weighted by Gasteiger charge is 2.26. The van der Waals surface area contributed by atoms with Gasteiger partial charge in [0.2, 0.25) is 0 Å². The Morgan fingerprint density at radius 2 is 2.00 bits per heavy atom. The number of methoxy groups -OCH3 is 1. The van der Waals surface area contributed by atoms with Gasteiger partial charge in [-0.25, -0.2) is 4.68 Å². The summed E-state index contributed by atoms with van der Waals surface area (Å²) in [6, 6.07) is 5.84. The largest absolute Gasteiger partial charge is 0.382 e. The molecule has 3 heterocycles. The molecule has 0 saturated carbocycles. The molecule has 1 aliphatic heterocycles. The molecule has 1 fully saturated rings. The third-order valence-electron chi connectivity index (χ3n) is 3.60. The molecular weight excluding hydrogens is 282 g/mol. The molecule has 0 spiro atoms. The van der Waals surface area contributed by atoms with Crippen LogP contribution in [0.5, 0.6) is 0 Å². The maximum absolute atomic E-state index is 5.85. The molecule has 7 heteroatoms. The van der Waals surface area contributed by atoms with Gasteiger partial charge in [-0.15, -0.1) is 10.2 Å². The highest BCUT2D eigenvalue weighted by atomic mass is 16.5. The van der Waals surface area contributed by atoms with Crippen LogP contribution < -0.4 is 4.90 Å². The molecule has 0 aliphatic carbocycles. The fourth-order valence-electron chi connectivity index (χ4n) is 2.66. The van der Waals surface area contributed by atoms with Gasteiger partial charge in [0.25, 0.3) is 0 Å². The van der Waals surface area contributed by atoms with Crippen LogP contribution in [0, 0.1) is 6.92 Å². The topological polar surface area (TPSA) is 65.3 Å². The Hall–Kier alpha value is -1.99. The number of anilines is 1. The Bertz CT molecular complexity index is 613. The Kier molecular flexibility index (Phi) is 4.35. The number of ether oxygens (including phenoxy) is 2. The predicted octanol–water partition coefficient (Wildman–Crippen LogP) is 1.21. The molecule has 2 unspecified atom stereocenters. The van der Waals surface area contributed by atoms with Crippen LogP contribution in [0.4, 0.5) is 5.82 Å². The van der Waals surface area contributed by atoms with Crippen molar-refractivity contribution in [2.75, 3.05) is 31.7 Å². The molecule has 0 bridgehead atoms. The molecule has 0 radical (unpaired) electrons. The van der Waals surface area contributed by atoms with Crippen LogP contribution in [0.3, 0.4) is 0 Å². The van der Waals surface area contributed by atoms with Crippen molar-refractivity contribution in [3.8, 4) is 5.82 Å². The Labute approximate surface area is 129 Å². The summed E-state index contributed by atoms with van der Waals surface area (Å²) in [5.41, 5.74) is 0.954. The number of morpholine rings is 1. The summed E-state index contributed by atoms with van der Waals surface area (Å²) in [5, 5.41) is 12.9. The number of nitrogens with zero attached hydrogens (tertiary/aromatic N) is 5. The van der Waals surface area contributed by atoms with Crippen molar-refractivity contribution in [3.63, 3.8) is 0 Å². The normalized spacial score (nSPS) is 22.0. The highest BCUT2D eigenvalue weighted by molar-refractivity contribution is 5.40. The fourth-order valence-corrected chi connectivity index (χ4v) is 2.66. The van der Waals surface area contributed by atoms with Crippen LogP contribution in [0.1, 0.15) is 12.6 Å². The number of hydrogen-bond acceptors (Lipinski definition) is 6. The number of hydrogen-bond donors (Lipinski definition) is 0. The molecule has 0 N–H and O–H groups in total. The second-order valence-corrected chi connectivity index (χ2v) is 5.58. The average molecular weight is 303 g/mol. The van der Waals surface area contributed by atoms with Crippen LogP contribution in [0.2, 0.25) is 0 Å². The molecule has 2 aromatic heterocycles. The molecule has 1 saturated heterocycles. The maximum Gasteiger partial charge on any atom is 0.175 e. The minimum Gasteiger partial charge on any atom is -0.382 e. The molecule has 3 rings (SSSR count). The molecule has 2 atom stereocenters. The zero-order valence-corrected chi connectivity index (χ0v) is 13.1. The zero-order valence-electron chi connectivity index (χ0n) is 13.1. The van der Waals surface area contributed by atoms with E-state index in [0.29, 0.717) is 12.4 Å². The van der Waals surface area contributed by atoms with E-state index in [4.69, 9.17) is 9.47 Å². The minimum atomic E-state index is 0.0593. The van der Waals surface area contributed by atoms with Crippen LogP contribution in [-0.2, 0) is 9.47 Å². The summed E-state index contributed by atoms with van der Waals surface area (Å²) in [4.78, 5) is 2.18. The lowest BCUT2D eigenvalue weighted by Crippen LogP contribution is -2.48. The van der Waals surface area contributed by atoms with Crippen molar-refractivity contribution in [2.45, 2.75) is 26.1 Å². The van der Waals surface area contributed by atoms with E-state index >= 15 is 0 Å². The van der Waals surface area contributed by atoms with Crippen LogP contribution in [0.15, 0.2) is 24.4 Å². The summed E-state index contributed by atoms with van der Waals surface area (Å²) in [6.45, 7) is 6.15. The van der Waals surface area contributed by atoms with Gasteiger partial charge in [0.05, 0.1) is 24.5 Å². The Morgan fingerprint density at radius 3 is 2.64 bits per heavy atom. The van der Waals surface area contributed by atoms with Crippen molar-refractivity contribution in [1.82, 2.24) is 20.0 Å². The van der Waals surface area contributed by atoms with E-state index in [9.17, 15) is 0 Å². The lowest BCUT2D eigenvalue weighted by atomic mass is 10.2. The number of rotatable bonds is 4. The van der Waals surface area contributed by atoms with E-state index in [1.165, 1.54) is 0 Å². The van der Waals surface area contributed by atoms with Gasteiger partial charge in [-0.1, -0.05) is 0 Å². The molecule has 22 heavy (non-hydrogen) atoms. The van der Waals surface area contributed by atoms with E-state index in [1.807, 2.05) is 31.3 Å². The second-order valence-electron chi connectivity index (χ2n) is 5.58. The SMILES string of the molecule is COCC1CN(c2ccc(-n3ccc(C)n3)nn2)CC(C)O1. The van der Waals surface area contributed by atoms with E-state index in [-0.39, 0.29) is 12.2 Å². The first-order valence-corrected chi connectivity index (χ1v) is 7.41. The van der Waals surface area contributed by atoms with Crippen molar-refractivity contribution in [2.24, 2.45) is 0 Å². The predicted molar refractivity (Wildman–Crippen MR) is 82.3 cm³/mol. The smallest absolute Gasteiger partial charge is 0.175 e. The van der Waals surface area contributed by atoms with Crippen molar-refractivity contribution in [3.05, 3.63) is 30.1 Å². The Morgan fingerprint density at radius 1 is 1.23 bits per heavy atom. The van der Waals surface area contributed by atoms with Gasteiger partial charge < -0.3 is 14.4 Å². The van der Waals surface area contributed by atoms with Gasteiger partial charge in [-0.05, 0) is 32.0 Å². The molecule has 0 aromatic carbocycles. The zero-order chi connectivity index (χ0) is 15.5. The maximum atomic E-state index is 5.85. The minimum absolute atomic E-state index is 0.0593. The van der Waals surface area contributed by atoms with E-state index in [1.54, 1.807) is 11.8 Å². The first kappa shape index (κ1) is 14.9. The lowest BCUT2D eigenvalue weighted by Gasteiger charge is -2.36. The number of aromatic nitrogens is 4. The summed E-state index contributed by atoms with van der Waals surface area (Å²) in [6.07, 6.45) is 2.08.